The zero-order valence-electron chi connectivity index (χ0n) is 10.8. The third kappa shape index (κ3) is 2.42. The first kappa shape index (κ1) is 13.1. The first-order chi connectivity index (χ1) is 7.86. The third-order valence-corrected chi connectivity index (χ3v) is 4.31. The van der Waals surface area contributed by atoms with Crippen molar-refractivity contribution in [2.24, 2.45) is 0 Å². The molecule has 94 valence electrons. The summed E-state index contributed by atoms with van der Waals surface area (Å²) in [5.74, 6) is 0. The quantitative estimate of drug-likeness (QED) is 0.763. The molecule has 1 aliphatic heterocycles. The molecule has 1 aromatic carbocycles. The molecule has 1 heterocycles. The smallest absolute Gasteiger partial charge is 0.185 e. The minimum absolute atomic E-state index is 0.260. The molecule has 0 radical (unpaired) electrons. The molecule has 1 aliphatic rings. The van der Waals surface area contributed by atoms with Gasteiger partial charge in [0.2, 0.25) is 0 Å². The van der Waals surface area contributed by atoms with Crippen LogP contribution in [-0.4, -0.2) is 11.2 Å². The van der Waals surface area contributed by atoms with Crippen LogP contribution >= 0.6 is 15.9 Å². The van der Waals surface area contributed by atoms with Crippen molar-refractivity contribution in [2.75, 3.05) is 0 Å². The Hall–Kier alpha value is -0.380. The summed E-state index contributed by atoms with van der Waals surface area (Å²) < 4.78 is 12.0. The van der Waals surface area contributed by atoms with Crippen molar-refractivity contribution >= 4 is 15.9 Å². The highest BCUT2D eigenvalue weighted by molar-refractivity contribution is 9.08. The second-order valence-electron chi connectivity index (χ2n) is 5.46. The van der Waals surface area contributed by atoms with Gasteiger partial charge in [0.1, 0.15) is 0 Å². The first-order valence-electron chi connectivity index (χ1n) is 5.86. The van der Waals surface area contributed by atoms with Gasteiger partial charge in [-0.1, -0.05) is 40.2 Å². The Bertz CT molecular complexity index is 379. The lowest BCUT2D eigenvalue weighted by atomic mass is 9.90. The summed E-state index contributed by atoms with van der Waals surface area (Å²) in [7, 11) is 0. The zero-order valence-corrected chi connectivity index (χ0v) is 12.4. The topological polar surface area (TPSA) is 18.5 Å². The third-order valence-electron chi connectivity index (χ3n) is 3.66. The maximum Gasteiger partial charge on any atom is 0.185 e. The van der Waals surface area contributed by atoms with Gasteiger partial charge < -0.3 is 9.47 Å². The van der Waals surface area contributed by atoms with Gasteiger partial charge in [-0.3, -0.25) is 0 Å². The Morgan fingerprint density at radius 2 is 1.47 bits per heavy atom. The first-order valence-corrected chi connectivity index (χ1v) is 6.98. The van der Waals surface area contributed by atoms with Gasteiger partial charge in [0.05, 0.1) is 11.2 Å². The lowest BCUT2D eigenvalue weighted by molar-refractivity contribution is -0.0895. The molecule has 0 bridgehead atoms. The summed E-state index contributed by atoms with van der Waals surface area (Å²) in [5, 5.41) is 0.872. The maximum atomic E-state index is 5.99. The molecule has 1 saturated heterocycles. The monoisotopic (exact) mass is 298 g/mol. The van der Waals surface area contributed by atoms with E-state index in [0.717, 1.165) is 10.9 Å². The Morgan fingerprint density at radius 3 is 1.88 bits per heavy atom. The van der Waals surface area contributed by atoms with E-state index in [1.54, 1.807) is 0 Å². The van der Waals surface area contributed by atoms with Crippen LogP contribution in [0.4, 0.5) is 0 Å². The number of hydrogen-bond acceptors (Lipinski definition) is 2. The molecular weight excluding hydrogens is 280 g/mol. The van der Waals surface area contributed by atoms with Crippen LogP contribution in [0.3, 0.4) is 0 Å². The summed E-state index contributed by atoms with van der Waals surface area (Å²) in [6, 6.07) is 8.32. The number of benzene rings is 1. The molecule has 0 atom stereocenters. The van der Waals surface area contributed by atoms with Gasteiger partial charge in [-0.25, -0.2) is 0 Å². The van der Waals surface area contributed by atoms with Gasteiger partial charge in [-0.2, -0.15) is 0 Å². The summed E-state index contributed by atoms with van der Waals surface area (Å²) in [4.78, 5) is 0. The largest absolute Gasteiger partial charge is 0.339 e. The number of hydrogen-bond donors (Lipinski definition) is 0. The van der Waals surface area contributed by atoms with E-state index in [0.29, 0.717) is 0 Å². The molecule has 0 saturated carbocycles. The highest BCUT2D eigenvalue weighted by Gasteiger charge is 2.49. The standard InChI is InChI=1S/C14H19BrO2/c1-13(2)14(3,4)17-12(16-13)11-7-5-10(9-15)6-8-11/h5-8,12H,9H2,1-4H3. The van der Waals surface area contributed by atoms with Gasteiger partial charge in [0.25, 0.3) is 0 Å². The van der Waals surface area contributed by atoms with Crippen LogP contribution in [0.1, 0.15) is 45.1 Å². The van der Waals surface area contributed by atoms with Crippen LogP contribution in [0, 0.1) is 0 Å². The Morgan fingerprint density at radius 1 is 1.00 bits per heavy atom. The Balaban J connectivity index is 2.20. The van der Waals surface area contributed by atoms with Crippen LogP contribution < -0.4 is 0 Å². The van der Waals surface area contributed by atoms with Crippen molar-refractivity contribution in [1.82, 2.24) is 0 Å². The Kier molecular flexibility index (Phi) is 3.36. The molecule has 1 fully saturated rings. The molecule has 0 spiro atoms. The highest BCUT2D eigenvalue weighted by atomic mass is 79.9. The minimum Gasteiger partial charge on any atom is -0.339 e. The fourth-order valence-corrected chi connectivity index (χ4v) is 2.12. The van der Waals surface area contributed by atoms with Gasteiger partial charge in [-0.05, 0) is 33.3 Å². The molecule has 1 aromatic rings. The van der Waals surface area contributed by atoms with Gasteiger partial charge in [0, 0.05) is 10.9 Å². The fourth-order valence-electron chi connectivity index (χ4n) is 1.74. The van der Waals surface area contributed by atoms with Gasteiger partial charge >= 0.3 is 0 Å². The second kappa shape index (κ2) is 4.38. The zero-order chi connectivity index (χ0) is 12.7. The molecule has 2 nitrogen and oxygen atoms in total. The van der Waals surface area contributed by atoms with Crippen LogP contribution in [0.2, 0.25) is 0 Å². The molecule has 17 heavy (non-hydrogen) atoms. The van der Waals surface area contributed by atoms with E-state index < -0.39 is 0 Å². The maximum absolute atomic E-state index is 5.99. The number of alkyl halides is 1. The predicted octanol–water partition coefficient (Wildman–Crippen LogP) is 4.18. The van der Waals surface area contributed by atoms with E-state index in [2.05, 4.69) is 67.9 Å². The molecule has 0 N–H and O–H groups in total. The van der Waals surface area contributed by atoms with E-state index in [9.17, 15) is 0 Å². The van der Waals surface area contributed by atoms with Gasteiger partial charge in [-0.15, -0.1) is 0 Å². The summed E-state index contributed by atoms with van der Waals surface area (Å²) >= 11 is 3.44. The van der Waals surface area contributed by atoms with Crippen LogP contribution in [0.5, 0.6) is 0 Å². The predicted molar refractivity (Wildman–Crippen MR) is 72.1 cm³/mol. The number of rotatable bonds is 2. The van der Waals surface area contributed by atoms with E-state index in [1.165, 1.54) is 5.56 Å². The molecule has 0 amide bonds. The highest BCUT2D eigenvalue weighted by Crippen LogP contribution is 2.44. The van der Waals surface area contributed by atoms with Crippen molar-refractivity contribution in [3.63, 3.8) is 0 Å². The van der Waals surface area contributed by atoms with Crippen molar-refractivity contribution in [3.05, 3.63) is 35.4 Å². The lowest BCUT2D eigenvalue weighted by Gasteiger charge is -2.30. The van der Waals surface area contributed by atoms with Crippen LogP contribution in [0.25, 0.3) is 0 Å². The molecule has 0 unspecified atom stereocenters. The molecular formula is C14H19BrO2. The second-order valence-corrected chi connectivity index (χ2v) is 6.02. The summed E-state index contributed by atoms with van der Waals surface area (Å²) in [6.45, 7) is 8.28. The average Bonchev–Trinajstić information content (AvgIpc) is 2.48. The number of ether oxygens (including phenoxy) is 2. The van der Waals surface area contributed by atoms with E-state index in [4.69, 9.17) is 9.47 Å². The normalized spacial score (nSPS) is 22.9. The van der Waals surface area contributed by atoms with Crippen LogP contribution in [0.15, 0.2) is 24.3 Å². The van der Waals surface area contributed by atoms with Crippen molar-refractivity contribution in [3.8, 4) is 0 Å². The van der Waals surface area contributed by atoms with Crippen molar-refractivity contribution in [1.29, 1.82) is 0 Å². The van der Waals surface area contributed by atoms with Crippen molar-refractivity contribution < 1.29 is 9.47 Å². The van der Waals surface area contributed by atoms with E-state index in [1.807, 2.05) is 0 Å². The number of halogens is 1. The molecule has 0 aliphatic carbocycles. The van der Waals surface area contributed by atoms with Gasteiger partial charge in [0.15, 0.2) is 6.29 Å². The Labute approximate surface area is 111 Å². The van der Waals surface area contributed by atoms with Crippen molar-refractivity contribution in [2.45, 2.75) is 50.5 Å². The molecule has 0 aromatic heterocycles. The lowest BCUT2D eigenvalue weighted by Crippen LogP contribution is -2.41. The molecule has 2 rings (SSSR count). The average molecular weight is 299 g/mol. The van der Waals surface area contributed by atoms with E-state index in [-0.39, 0.29) is 17.5 Å². The van der Waals surface area contributed by atoms with E-state index >= 15 is 0 Å². The summed E-state index contributed by atoms with van der Waals surface area (Å²) in [6.07, 6.45) is -0.260. The summed E-state index contributed by atoms with van der Waals surface area (Å²) in [5.41, 5.74) is 1.79. The van der Waals surface area contributed by atoms with Crippen LogP contribution in [-0.2, 0) is 14.8 Å². The minimum atomic E-state index is -0.272. The molecule has 3 heteroatoms. The SMILES string of the molecule is CC1(C)OC(c2ccc(CBr)cc2)OC1(C)C. The fraction of sp³-hybridized carbons (Fsp3) is 0.571.